The monoisotopic (exact) mass is 367 g/mol. The van der Waals surface area contributed by atoms with Gasteiger partial charge in [-0.1, -0.05) is 0 Å². The number of nitrogens with one attached hydrogen (secondary N) is 2. The topological polar surface area (TPSA) is 70.2 Å². The van der Waals surface area contributed by atoms with Gasteiger partial charge >= 0.3 is 0 Å². The van der Waals surface area contributed by atoms with Crippen LogP contribution in [0.4, 0.5) is 5.82 Å². The van der Waals surface area contributed by atoms with Crippen LogP contribution in [0.25, 0.3) is 10.2 Å². The number of rotatable bonds is 4. The van der Waals surface area contributed by atoms with Gasteiger partial charge in [0.25, 0.3) is 0 Å². The highest BCUT2D eigenvalue weighted by atomic mass is 35.5. The zero-order valence-corrected chi connectivity index (χ0v) is 15.0. The Balaban J connectivity index is 0.00000169. The molecule has 2 atom stereocenters. The molecular weight excluding hydrogens is 346 g/mol. The Labute approximate surface area is 151 Å². The number of amides is 1. The lowest BCUT2D eigenvalue weighted by atomic mass is 10.2. The number of hydrogen-bond acceptors (Lipinski definition) is 6. The van der Waals surface area contributed by atoms with Crippen molar-refractivity contribution in [2.75, 3.05) is 24.5 Å². The van der Waals surface area contributed by atoms with Gasteiger partial charge < -0.3 is 15.5 Å². The third-order valence-corrected chi connectivity index (χ3v) is 5.57. The molecule has 0 aliphatic carbocycles. The van der Waals surface area contributed by atoms with Crippen molar-refractivity contribution in [2.24, 2.45) is 0 Å². The Morgan fingerprint density at radius 3 is 3.12 bits per heavy atom. The number of halogens is 1. The average Bonchev–Trinajstić information content (AvgIpc) is 3.32. The molecule has 2 aliphatic rings. The third-order valence-electron chi connectivity index (χ3n) is 4.75. The highest BCUT2D eigenvalue weighted by Gasteiger charge is 2.33. The second-order valence-electron chi connectivity index (χ2n) is 6.23. The first-order valence-electron chi connectivity index (χ1n) is 8.29. The molecule has 0 radical (unpaired) electrons. The molecule has 1 amide bonds. The highest BCUT2D eigenvalue weighted by molar-refractivity contribution is 7.16. The van der Waals surface area contributed by atoms with E-state index in [1.807, 2.05) is 11.4 Å². The SMILES string of the molecule is Cl.O=C(NCC1CCCN1)C1CCCN1c1ncnc2sccc12. The molecule has 130 valence electrons. The van der Waals surface area contributed by atoms with E-state index in [2.05, 4.69) is 25.5 Å². The number of nitrogens with zero attached hydrogens (tertiary/aromatic N) is 3. The van der Waals surface area contributed by atoms with Crippen molar-refractivity contribution in [3.63, 3.8) is 0 Å². The minimum absolute atomic E-state index is 0. The van der Waals surface area contributed by atoms with Crippen LogP contribution in [0.2, 0.25) is 0 Å². The maximum absolute atomic E-state index is 12.6. The molecule has 0 saturated carbocycles. The zero-order chi connectivity index (χ0) is 15.6. The lowest BCUT2D eigenvalue weighted by molar-refractivity contribution is -0.122. The molecule has 8 heteroatoms. The fraction of sp³-hybridized carbons (Fsp3) is 0.562. The second-order valence-corrected chi connectivity index (χ2v) is 7.12. The van der Waals surface area contributed by atoms with Crippen LogP contribution in [0.1, 0.15) is 25.7 Å². The van der Waals surface area contributed by atoms with Crippen LogP contribution in [-0.2, 0) is 4.79 Å². The number of anilines is 1. The Hall–Kier alpha value is -1.44. The van der Waals surface area contributed by atoms with E-state index in [1.165, 1.54) is 6.42 Å². The van der Waals surface area contributed by atoms with Gasteiger partial charge in [-0.2, -0.15) is 0 Å². The fourth-order valence-corrected chi connectivity index (χ4v) is 4.30. The summed E-state index contributed by atoms with van der Waals surface area (Å²) in [6.45, 7) is 2.66. The van der Waals surface area contributed by atoms with Gasteiger partial charge in [-0.25, -0.2) is 9.97 Å². The molecule has 6 nitrogen and oxygen atoms in total. The first-order valence-corrected chi connectivity index (χ1v) is 9.17. The summed E-state index contributed by atoms with van der Waals surface area (Å²) in [6, 6.07) is 2.36. The minimum atomic E-state index is -0.116. The van der Waals surface area contributed by atoms with Crippen molar-refractivity contribution < 1.29 is 4.79 Å². The number of carbonyl (C=O) groups is 1. The van der Waals surface area contributed by atoms with E-state index in [9.17, 15) is 4.79 Å². The minimum Gasteiger partial charge on any atom is -0.353 e. The van der Waals surface area contributed by atoms with E-state index < -0.39 is 0 Å². The summed E-state index contributed by atoms with van der Waals surface area (Å²) >= 11 is 1.61. The fourth-order valence-electron chi connectivity index (χ4n) is 3.57. The van der Waals surface area contributed by atoms with E-state index in [0.29, 0.717) is 6.04 Å². The normalized spacial score (nSPS) is 23.4. The van der Waals surface area contributed by atoms with Crippen molar-refractivity contribution in [3.05, 3.63) is 17.8 Å². The smallest absolute Gasteiger partial charge is 0.242 e. The van der Waals surface area contributed by atoms with Crippen molar-refractivity contribution >= 4 is 45.7 Å². The molecule has 2 aromatic rings. The molecule has 2 saturated heterocycles. The van der Waals surface area contributed by atoms with Crippen molar-refractivity contribution in [3.8, 4) is 0 Å². The largest absolute Gasteiger partial charge is 0.353 e. The quantitative estimate of drug-likeness (QED) is 0.864. The molecule has 24 heavy (non-hydrogen) atoms. The maximum atomic E-state index is 12.6. The molecular formula is C16H22ClN5OS. The zero-order valence-electron chi connectivity index (χ0n) is 13.4. The average molecular weight is 368 g/mol. The molecule has 0 aromatic carbocycles. The van der Waals surface area contributed by atoms with Gasteiger partial charge in [0.1, 0.15) is 23.0 Å². The summed E-state index contributed by atoms with van der Waals surface area (Å²) in [4.78, 5) is 24.5. The Morgan fingerprint density at radius 2 is 2.29 bits per heavy atom. The Morgan fingerprint density at radius 1 is 1.38 bits per heavy atom. The van der Waals surface area contributed by atoms with Crippen molar-refractivity contribution in [1.29, 1.82) is 0 Å². The van der Waals surface area contributed by atoms with Gasteiger partial charge in [-0.05, 0) is 43.7 Å². The molecule has 2 aliphatic heterocycles. The summed E-state index contributed by atoms with van der Waals surface area (Å²) in [7, 11) is 0. The van der Waals surface area contributed by atoms with Crippen LogP contribution < -0.4 is 15.5 Å². The summed E-state index contributed by atoms with van der Waals surface area (Å²) < 4.78 is 0. The van der Waals surface area contributed by atoms with Crippen LogP contribution in [0, 0.1) is 0 Å². The summed E-state index contributed by atoms with van der Waals surface area (Å²) in [6.07, 6.45) is 5.86. The number of thiophene rings is 1. The second kappa shape index (κ2) is 7.63. The predicted octanol–water partition coefficient (Wildman–Crippen LogP) is 1.95. The van der Waals surface area contributed by atoms with Crippen LogP contribution in [-0.4, -0.2) is 47.6 Å². The molecule has 2 unspecified atom stereocenters. The number of aromatic nitrogens is 2. The van der Waals surface area contributed by atoms with Crippen LogP contribution in [0.3, 0.4) is 0 Å². The number of hydrogen-bond donors (Lipinski definition) is 2. The molecule has 4 heterocycles. The van der Waals surface area contributed by atoms with Crippen LogP contribution in [0.5, 0.6) is 0 Å². The lowest BCUT2D eigenvalue weighted by Gasteiger charge is -2.25. The standard InChI is InChI=1S/C16H21N5OS.ClH/c22-15(18-9-11-3-1-6-17-11)13-4-2-7-21(13)14-12-5-8-23-16(12)20-10-19-14;/h5,8,10-11,13,17H,1-4,6-7,9H2,(H,18,22);1H. The van der Waals surface area contributed by atoms with Crippen molar-refractivity contribution in [1.82, 2.24) is 20.6 Å². The maximum Gasteiger partial charge on any atom is 0.242 e. The van der Waals surface area contributed by atoms with Crippen molar-refractivity contribution in [2.45, 2.75) is 37.8 Å². The number of carbonyl (C=O) groups excluding carboxylic acids is 1. The lowest BCUT2D eigenvalue weighted by Crippen LogP contribution is -2.47. The molecule has 2 fully saturated rings. The van der Waals surface area contributed by atoms with Gasteiger partial charge in [0.15, 0.2) is 0 Å². The van der Waals surface area contributed by atoms with Gasteiger partial charge in [-0.3, -0.25) is 4.79 Å². The van der Waals surface area contributed by atoms with E-state index in [1.54, 1.807) is 17.7 Å². The van der Waals surface area contributed by atoms with Crippen LogP contribution in [0.15, 0.2) is 17.8 Å². The summed E-state index contributed by atoms with van der Waals surface area (Å²) in [5, 5.41) is 9.62. The van der Waals surface area contributed by atoms with E-state index in [4.69, 9.17) is 0 Å². The first-order chi connectivity index (χ1) is 11.3. The Bertz CT molecular complexity index is 703. The van der Waals surface area contributed by atoms with Gasteiger partial charge in [0.05, 0.1) is 5.39 Å². The summed E-state index contributed by atoms with van der Waals surface area (Å²) in [5.41, 5.74) is 0. The summed E-state index contributed by atoms with van der Waals surface area (Å²) in [5.74, 6) is 1.02. The number of fused-ring (bicyclic) bond motifs is 1. The van der Waals surface area contributed by atoms with Crippen LogP contribution >= 0.6 is 23.7 Å². The molecule has 0 spiro atoms. The van der Waals surface area contributed by atoms with Gasteiger partial charge in [0.2, 0.25) is 5.91 Å². The molecule has 4 rings (SSSR count). The Kier molecular flexibility index (Phi) is 5.53. The molecule has 2 N–H and O–H groups in total. The highest BCUT2D eigenvalue weighted by Crippen LogP contribution is 2.31. The first kappa shape index (κ1) is 17.4. The third kappa shape index (κ3) is 3.34. The van der Waals surface area contributed by atoms with Gasteiger partial charge in [-0.15, -0.1) is 23.7 Å². The molecule has 0 bridgehead atoms. The van der Waals surface area contributed by atoms with Gasteiger partial charge in [0, 0.05) is 19.1 Å². The van der Waals surface area contributed by atoms with E-state index in [0.717, 1.165) is 54.9 Å². The predicted molar refractivity (Wildman–Crippen MR) is 99.1 cm³/mol. The van der Waals surface area contributed by atoms with E-state index in [-0.39, 0.29) is 24.4 Å². The molecule has 2 aromatic heterocycles. The van der Waals surface area contributed by atoms with E-state index >= 15 is 0 Å².